The molecule has 0 fully saturated rings. The number of aryl methyl sites for hydroxylation is 1. The van der Waals surface area contributed by atoms with Gasteiger partial charge in [-0.05, 0) is 44.9 Å². The molecule has 2 amide bonds. The van der Waals surface area contributed by atoms with E-state index in [1.54, 1.807) is 12.1 Å². The van der Waals surface area contributed by atoms with Gasteiger partial charge in [0.2, 0.25) is 5.91 Å². The van der Waals surface area contributed by atoms with E-state index in [0.717, 1.165) is 11.1 Å². The van der Waals surface area contributed by atoms with Crippen LogP contribution in [0.3, 0.4) is 0 Å². The molecular formula is C16H22N2O4. The molecule has 0 aliphatic rings. The summed E-state index contributed by atoms with van der Waals surface area (Å²) in [5.41, 5.74) is 2.24. The van der Waals surface area contributed by atoms with Gasteiger partial charge < -0.3 is 15.4 Å². The zero-order valence-corrected chi connectivity index (χ0v) is 13.4. The molecule has 0 aliphatic carbocycles. The lowest BCUT2D eigenvalue weighted by molar-refractivity contribution is -0.128. The van der Waals surface area contributed by atoms with Crippen molar-refractivity contribution in [1.82, 2.24) is 10.6 Å². The Hall–Kier alpha value is -2.37. The molecule has 2 N–H and O–H groups in total. The summed E-state index contributed by atoms with van der Waals surface area (Å²) in [7, 11) is 0. The third-order valence-electron chi connectivity index (χ3n) is 3.05. The van der Waals surface area contributed by atoms with Gasteiger partial charge in [-0.25, -0.2) is 4.79 Å². The zero-order valence-electron chi connectivity index (χ0n) is 13.4. The number of nitrogens with one attached hydrogen (secondary N) is 2. The van der Waals surface area contributed by atoms with Gasteiger partial charge in [0.15, 0.2) is 6.61 Å². The number of rotatable bonds is 6. The lowest BCUT2D eigenvalue weighted by atomic mass is 10.0. The van der Waals surface area contributed by atoms with Crippen LogP contribution in [0.1, 0.15) is 35.3 Å². The van der Waals surface area contributed by atoms with Crippen LogP contribution in [0.25, 0.3) is 0 Å². The minimum Gasteiger partial charge on any atom is -0.452 e. The van der Waals surface area contributed by atoms with Gasteiger partial charge in [0, 0.05) is 6.04 Å². The molecule has 0 saturated carbocycles. The van der Waals surface area contributed by atoms with Gasteiger partial charge in [-0.1, -0.05) is 12.1 Å². The minimum absolute atomic E-state index is 0.00604. The van der Waals surface area contributed by atoms with Gasteiger partial charge >= 0.3 is 5.97 Å². The van der Waals surface area contributed by atoms with E-state index in [0.29, 0.717) is 5.56 Å². The van der Waals surface area contributed by atoms with Gasteiger partial charge in [-0.3, -0.25) is 9.59 Å². The highest BCUT2D eigenvalue weighted by Crippen LogP contribution is 2.13. The Morgan fingerprint density at radius 3 is 2.45 bits per heavy atom. The maximum Gasteiger partial charge on any atom is 0.338 e. The summed E-state index contributed by atoms with van der Waals surface area (Å²) in [6.45, 7) is 6.81. The first kappa shape index (κ1) is 17.7. The number of benzene rings is 1. The topological polar surface area (TPSA) is 84.5 Å². The number of carbonyl (C=O) groups is 3. The third kappa shape index (κ3) is 5.55. The molecule has 0 bridgehead atoms. The SMILES string of the molecule is Cc1cccc(C(=O)OCC(=O)NCC(=O)NC(C)C)c1C. The first-order valence-electron chi connectivity index (χ1n) is 7.10. The molecular weight excluding hydrogens is 284 g/mol. The summed E-state index contributed by atoms with van der Waals surface area (Å²) in [5.74, 6) is -1.36. The van der Waals surface area contributed by atoms with Crippen LogP contribution in [0.2, 0.25) is 0 Å². The van der Waals surface area contributed by atoms with Crippen molar-refractivity contribution >= 4 is 17.8 Å². The number of esters is 1. The number of carbonyl (C=O) groups excluding carboxylic acids is 3. The second-order valence-electron chi connectivity index (χ2n) is 5.32. The Labute approximate surface area is 130 Å². The Morgan fingerprint density at radius 1 is 1.14 bits per heavy atom. The van der Waals surface area contributed by atoms with Crippen molar-refractivity contribution in [2.24, 2.45) is 0 Å². The Balaban J connectivity index is 2.42. The summed E-state index contributed by atoms with van der Waals surface area (Å²) in [6.07, 6.45) is 0. The van der Waals surface area contributed by atoms with Crippen LogP contribution in [-0.4, -0.2) is 37.0 Å². The maximum absolute atomic E-state index is 11.9. The second kappa shape index (κ2) is 8.17. The quantitative estimate of drug-likeness (QED) is 0.771. The van der Waals surface area contributed by atoms with Crippen LogP contribution in [-0.2, 0) is 14.3 Å². The minimum atomic E-state index is -0.553. The van der Waals surface area contributed by atoms with Crippen LogP contribution in [0, 0.1) is 13.8 Å². The molecule has 0 aromatic heterocycles. The molecule has 0 unspecified atom stereocenters. The summed E-state index contributed by atoms with van der Waals surface area (Å²) in [4.78, 5) is 34.8. The van der Waals surface area contributed by atoms with Crippen molar-refractivity contribution in [2.75, 3.05) is 13.2 Å². The fourth-order valence-electron chi connectivity index (χ4n) is 1.78. The standard InChI is InChI=1S/C16H22N2O4/c1-10(2)18-14(19)8-17-15(20)9-22-16(21)13-7-5-6-11(3)12(13)4/h5-7,10H,8-9H2,1-4H3,(H,17,20)(H,18,19). The van der Waals surface area contributed by atoms with Gasteiger partial charge in [0.05, 0.1) is 12.1 Å². The van der Waals surface area contributed by atoms with Crippen molar-refractivity contribution in [3.8, 4) is 0 Å². The molecule has 22 heavy (non-hydrogen) atoms. The van der Waals surface area contributed by atoms with E-state index in [2.05, 4.69) is 10.6 Å². The van der Waals surface area contributed by atoms with E-state index in [1.807, 2.05) is 33.8 Å². The van der Waals surface area contributed by atoms with Crippen molar-refractivity contribution in [3.63, 3.8) is 0 Å². The predicted molar refractivity (Wildman–Crippen MR) is 82.5 cm³/mol. The summed E-state index contributed by atoms with van der Waals surface area (Å²) >= 11 is 0. The van der Waals surface area contributed by atoms with Crippen molar-refractivity contribution in [2.45, 2.75) is 33.7 Å². The molecule has 1 aromatic rings. The second-order valence-corrected chi connectivity index (χ2v) is 5.32. The van der Waals surface area contributed by atoms with E-state index in [-0.39, 0.29) is 18.5 Å². The Kier molecular flexibility index (Phi) is 6.56. The molecule has 0 aliphatic heterocycles. The smallest absolute Gasteiger partial charge is 0.338 e. The van der Waals surface area contributed by atoms with E-state index in [1.165, 1.54) is 0 Å². The number of amides is 2. The monoisotopic (exact) mass is 306 g/mol. The summed E-state index contributed by atoms with van der Waals surface area (Å²) < 4.78 is 4.96. The lowest BCUT2D eigenvalue weighted by Gasteiger charge is -2.10. The average Bonchev–Trinajstić information content (AvgIpc) is 2.44. The van der Waals surface area contributed by atoms with Gasteiger partial charge in [-0.15, -0.1) is 0 Å². The highest BCUT2D eigenvalue weighted by Gasteiger charge is 2.14. The molecule has 1 aromatic carbocycles. The first-order chi connectivity index (χ1) is 10.3. The number of ether oxygens (including phenoxy) is 1. The van der Waals surface area contributed by atoms with E-state index < -0.39 is 18.5 Å². The van der Waals surface area contributed by atoms with Crippen molar-refractivity contribution < 1.29 is 19.1 Å². The fraction of sp³-hybridized carbons (Fsp3) is 0.438. The number of hydrogen-bond donors (Lipinski definition) is 2. The lowest BCUT2D eigenvalue weighted by Crippen LogP contribution is -2.41. The zero-order chi connectivity index (χ0) is 16.7. The highest BCUT2D eigenvalue weighted by atomic mass is 16.5. The Morgan fingerprint density at radius 2 is 1.82 bits per heavy atom. The van der Waals surface area contributed by atoms with E-state index >= 15 is 0 Å². The molecule has 0 heterocycles. The van der Waals surface area contributed by atoms with Crippen LogP contribution < -0.4 is 10.6 Å². The van der Waals surface area contributed by atoms with Crippen LogP contribution in [0.5, 0.6) is 0 Å². The van der Waals surface area contributed by atoms with Gasteiger partial charge in [0.1, 0.15) is 0 Å². The molecule has 0 atom stereocenters. The molecule has 1 rings (SSSR count). The van der Waals surface area contributed by atoms with Crippen molar-refractivity contribution in [3.05, 3.63) is 34.9 Å². The van der Waals surface area contributed by atoms with E-state index in [9.17, 15) is 14.4 Å². The molecule has 0 spiro atoms. The molecule has 0 saturated heterocycles. The van der Waals surface area contributed by atoms with Crippen LogP contribution in [0.15, 0.2) is 18.2 Å². The summed E-state index contributed by atoms with van der Waals surface area (Å²) in [6, 6.07) is 5.31. The predicted octanol–water partition coefficient (Wildman–Crippen LogP) is 1.10. The summed E-state index contributed by atoms with van der Waals surface area (Å²) in [5, 5.41) is 5.03. The molecule has 6 nitrogen and oxygen atoms in total. The molecule has 120 valence electrons. The molecule has 0 radical (unpaired) electrons. The normalized spacial score (nSPS) is 10.2. The van der Waals surface area contributed by atoms with Gasteiger partial charge in [0.25, 0.3) is 5.91 Å². The maximum atomic E-state index is 11.9. The van der Waals surface area contributed by atoms with Crippen molar-refractivity contribution in [1.29, 1.82) is 0 Å². The van der Waals surface area contributed by atoms with Crippen LogP contribution in [0.4, 0.5) is 0 Å². The molecule has 6 heteroatoms. The fourth-order valence-corrected chi connectivity index (χ4v) is 1.78. The largest absolute Gasteiger partial charge is 0.452 e. The first-order valence-corrected chi connectivity index (χ1v) is 7.10. The highest BCUT2D eigenvalue weighted by molar-refractivity contribution is 5.93. The average molecular weight is 306 g/mol. The third-order valence-corrected chi connectivity index (χ3v) is 3.05. The van der Waals surface area contributed by atoms with Gasteiger partial charge in [-0.2, -0.15) is 0 Å². The van der Waals surface area contributed by atoms with Crippen LogP contribution >= 0.6 is 0 Å². The Bertz CT molecular complexity index is 567. The van der Waals surface area contributed by atoms with E-state index in [4.69, 9.17) is 4.74 Å². The number of hydrogen-bond acceptors (Lipinski definition) is 4.